The molecule has 0 amide bonds. The van der Waals surface area contributed by atoms with Gasteiger partial charge in [0.25, 0.3) is 0 Å². The van der Waals surface area contributed by atoms with Gasteiger partial charge in [0, 0.05) is 11.5 Å². The topological polar surface area (TPSA) is 61.8 Å². The van der Waals surface area contributed by atoms with Crippen LogP contribution in [0.3, 0.4) is 0 Å². The van der Waals surface area contributed by atoms with E-state index in [1.165, 1.54) is 32.2 Å². The molecule has 3 N–H and O–H groups in total. The van der Waals surface area contributed by atoms with Crippen molar-refractivity contribution in [2.24, 2.45) is 16.3 Å². The van der Waals surface area contributed by atoms with E-state index in [0.29, 0.717) is 11.9 Å². The molecule has 0 bridgehead atoms. The number of rotatable bonds is 11. The van der Waals surface area contributed by atoms with Crippen molar-refractivity contribution in [3.05, 3.63) is 0 Å². The number of hydrogen-bond acceptors (Lipinski definition) is 3. The molecule has 120 valence electrons. The van der Waals surface area contributed by atoms with Gasteiger partial charge in [-0.15, -0.1) is 0 Å². The molecule has 0 saturated heterocycles. The standard InChI is InChI=1S/C16H35N3O/c1-6-7-9-12-19(14(2)3)13-10-8-11-16(4,5)15(17)18-20/h14,20H,6-13H2,1-5H3,(H2,17,18). The van der Waals surface area contributed by atoms with Gasteiger partial charge >= 0.3 is 0 Å². The summed E-state index contributed by atoms with van der Waals surface area (Å²) >= 11 is 0. The maximum Gasteiger partial charge on any atom is 0.144 e. The van der Waals surface area contributed by atoms with Crippen LogP contribution in [-0.2, 0) is 0 Å². The van der Waals surface area contributed by atoms with E-state index < -0.39 is 0 Å². The van der Waals surface area contributed by atoms with Gasteiger partial charge in [0.15, 0.2) is 0 Å². The summed E-state index contributed by atoms with van der Waals surface area (Å²) in [5.41, 5.74) is 5.50. The molecule has 0 radical (unpaired) electrons. The Bertz CT molecular complexity index is 275. The summed E-state index contributed by atoms with van der Waals surface area (Å²) in [4.78, 5) is 2.56. The maximum absolute atomic E-state index is 8.76. The third-order valence-corrected chi connectivity index (χ3v) is 4.08. The van der Waals surface area contributed by atoms with Crippen molar-refractivity contribution in [1.82, 2.24) is 4.90 Å². The second kappa shape index (κ2) is 10.0. The van der Waals surface area contributed by atoms with E-state index in [1.54, 1.807) is 0 Å². The lowest BCUT2D eigenvalue weighted by atomic mass is 9.86. The summed E-state index contributed by atoms with van der Waals surface area (Å²) in [7, 11) is 0. The van der Waals surface area contributed by atoms with Gasteiger partial charge in [-0.2, -0.15) is 0 Å². The van der Waals surface area contributed by atoms with Crippen molar-refractivity contribution in [3.63, 3.8) is 0 Å². The average molecular weight is 285 g/mol. The van der Waals surface area contributed by atoms with Crippen LogP contribution in [0, 0.1) is 5.41 Å². The van der Waals surface area contributed by atoms with Crippen molar-refractivity contribution < 1.29 is 5.21 Å². The third-order valence-electron chi connectivity index (χ3n) is 4.08. The molecule has 0 aliphatic heterocycles. The van der Waals surface area contributed by atoms with Crippen molar-refractivity contribution in [1.29, 1.82) is 0 Å². The molecule has 20 heavy (non-hydrogen) atoms. The van der Waals surface area contributed by atoms with Crippen LogP contribution in [-0.4, -0.2) is 35.1 Å². The summed E-state index contributed by atoms with van der Waals surface area (Å²) in [5, 5.41) is 11.9. The van der Waals surface area contributed by atoms with Crippen LogP contribution in [0.25, 0.3) is 0 Å². The summed E-state index contributed by atoms with van der Waals surface area (Å²) in [5.74, 6) is 0.334. The van der Waals surface area contributed by atoms with Crippen molar-refractivity contribution in [2.75, 3.05) is 13.1 Å². The summed E-state index contributed by atoms with van der Waals surface area (Å²) in [6.07, 6.45) is 7.14. The molecule has 0 rings (SSSR count). The van der Waals surface area contributed by atoms with Gasteiger partial charge in [-0.25, -0.2) is 0 Å². The van der Waals surface area contributed by atoms with E-state index in [-0.39, 0.29) is 5.41 Å². The average Bonchev–Trinajstić information content (AvgIpc) is 2.40. The number of amidine groups is 1. The summed E-state index contributed by atoms with van der Waals surface area (Å²) < 4.78 is 0. The third kappa shape index (κ3) is 7.73. The predicted octanol–water partition coefficient (Wildman–Crippen LogP) is 3.83. The lowest BCUT2D eigenvalue weighted by Crippen LogP contribution is -2.34. The van der Waals surface area contributed by atoms with E-state index in [4.69, 9.17) is 10.9 Å². The minimum absolute atomic E-state index is 0.209. The van der Waals surface area contributed by atoms with Crippen LogP contribution in [0.1, 0.15) is 73.1 Å². The predicted molar refractivity (Wildman–Crippen MR) is 87.3 cm³/mol. The van der Waals surface area contributed by atoms with Crippen molar-refractivity contribution in [3.8, 4) is 0 Å². The Labute approximate surface area is 125 Å². The molecule has 0 atom stereocenters. The highest BCUT2D eigenvalue weighted by Gasteiger charge is 2.22. The molecule has 0 fully saturated rings. The molecule has 4 nitrogen and oxygen atoms in total. The zero-order valence-electron chi connectivity index (χ0n) is 14.2. The Balaban J connectivity index is 4.00. The van der Waals surface area contributed by atoms with Crippen molar-refractivity contribution >= 4 is 5.84 Å². The first-order chi connectivity index (χ1) is 9.35. The molecule has 0 spiro atoms. The molecule has 0 aromatic carbocycles. The summed E-state index contributed by atoms with van der Waals surface area (Å²) in [6.45, 7) is 13.2. The van der Waals surface area contributed by atoms with Gasteiger partial charge in [-0.1, -0.05) is 45.2 Å². The number of oxime groups is 1. The SMILES string of the molecule is CCCCCN(CCCCC(C)(C)C(N)=NO)C(C)C. The van der Waals surface area contributed by atoms with Crippen LogP contribution < -0.4 is 5.73 Å². The molecule has 0 aromatic heterocycles. The van der Waals surface area contributed by atoms with Gasteiger partial charge in [0.2, 0.25) is 0 Å². The molecule has 0 aromatic rings. The largest absolute Gasteiger partial charge is 0.409 e. The Hall–Kier alpha value is -0.770. The molecule has 4 heteroatoms. The highest BCUT2D eigenvalue weighted by atomic mass is 16.4. The summed E-state index contributed by atoms with van der Waals surface area (Å²) in [6, 6.07) is 0.615. The maximum atomic E-state index is 8.76. The number of hydrogen-bond donors (Lipinski definition) is 2. The quantitative estimate of drug-likeness (QED) is 0.199. The lowest BCUT2D eigenvalue weighted by Gasteiger charge is -2.27. The van der Waals surface area contributed by atoms with E-state index >= 15 is 0 Å². The van der Waals surface area contributed by atoms with Gasteiger partial charge in [-0.3, -0.25) is 0 Å². The van der Waals surface area contributed by atoms with Crippen LogP contribution in [0.2, 0.25) is 0 Å². The highest BCUT2D eigenvalue weighted by molar-refractivity contribution is 5.85. The Kier molecular flexibility index (Phi) is 9.64. The first-order valence-electron chi connectivity index (χ1n) is 8.07. The minimum Gasteiger partial charge on any atom is -0.409 e. The fraction of sp³-hybridized carbons (Fsp3) is 0.938. The van der Waals surface area contributed by atoms with E-state index in [9.17, 15) is 0 Å². The zero-order valence-corrected chi connectivity index (χ0v) is 14.2. The number of unbranched alkanes of at least 4 members (excludes halogenated alkanes) is 3. The fourth-order valence-corrected chi connectivity index (χ4v) is 2.34. The number of nitrogens with zero attached hydrogens (tertiary/aromatic N) is 2. The van der Waals surface area contributed by atoms with E-state index in [2.05, 4.69) is 30.8 Å². The van der Waals surface area contributed by atoms with E-state index in [1.807, 2.05) is 13.8 Å². The molecule has 0 aliphatic rings. The van der Waals surface area contributed by atoms with Crippen LogP contribution in [0.4, 0.5) is 0 Å². The molecule has 0 heterocycles. The second-order valence-corrected chi connectivity index (χ2v) is 6.66. The zero-order chi connectivity index (χ0) is 15.6. The van der Waals surface area contributed by atoms with E-state index in [0.717, 1.165) is 19.4 Å². The lowest BCUT2D eigenvalue weighted by molar-refractivity contribution is 0.210. The van der Waals surface area contributed by atoms with Crippen LogP contribution >= 0.6 is 0 Å². The fourth-order valence-electron chi connectivity index (χ4n) is 2.34. The van der Waals surface area contributed by atoms with Gasteiger partial charge in [0.05, 0.1) is 0 Å². The molecular formula is C16H35N3O. The van der Waals surface area contributed by atoms with Gasteiger partial charge in [-0.05, 0) is 46.2 Å². The molecular weight excluding hydrogens is 250 g/mol. The highest BCUT2D eigenvalue weighted by Crippen LogP contribution is 2.23. The minimum atomic E-state index is -0.209. The second-order valence-electron chi connectivity index (χ2n) is 6.66. The monoisotopic (exact) mass is 285 g/mol. The first-order valence-corrected chi connectivity index (χ1v) is 8.07. The Morgan fingerprint density at radius 3 is 2.15 bits per heavy atom. The normalized spacial score (nSPS) is 13.4. The number of nitrogens with two attached hydrogens (primary N) is 1. The Morgan fingerprint density at radius 2 is 1.70 bits per heavy atom. The smallest absolute Gasteiger partial charge is 0.144 e. The molecule has 0 aliphatic carbocycles. The van der Waals surface area contributed by atoms with Crippen molar-refractivity contribution in [2.45, 2.75) is 79.2 Å². The molecule has 0 saturated carbocycles. The van der Waals surface area contributed by atoms with Gasteiger partial charge < -0.3 is 15.8 Å². The van der Waals surface area contributed by atoms with Crippen LogP contribution in [0.5, 0.6) is 0 Å². The molecule has 0 unspecified atom stereocenters. The van der Waals surface area contributed by atoms with Crippen LogP contribution in [0.15, 0.2) is 5.16 Å². The Morgan fingerprint density at radius 1 is 1.15 bits per heavy atom. The first kappa shape index (κ1) is 19.2. The van der Waals surface area contributed by atoms with Gasteiger partial charge in [0.1, 0.15) is 5.84 Å².